The fraction of sp³-hybridized carbons (Fsp3) is 0.200. The molecule has 0 aromatic heterocycles. The minimum Gasteiger partial charge on any atom is -1.00 e. The Hall–Kier alpha value is -2.62. The van der Waals surface area contributed by atoms with Crippen molar-refractivity contribution in [2.24, 2.45) is 0 Å². The van der Waals surface area contributed by atoms with Crippen LogP contribution >= 0.6 is 0 Å². The van der Waals surface area contributed by atoms with Crippen molar-refractivity contribution in [1.82, 2.24) is 0 Å². The lowest BCUT2D eigenvalue weighted by molar-refractivity contribution is -0.690. The predicted molar refractivity (Wildman–Crippen MR) is 130 cm³/mol. The second-order valence-corrected chi connectivity index (χ2v) is 8.72. The molecule has 0 bridgehead atoms. The maximum absolute atomic E-state index is 2.44. The Morgan fingerprint density at radius 1 is 0.441 bits per heavy atom. The lowest BCUT2D eigenvalue weighted by atomic mass is 9.90. The van der Waals surface area contributed by atoms with Crippen LogP contribution in [0.2, 0.25) is 0 Å². The van der Waals surface area contributed by atoms with E-state index in [9.17, 15) is 0 Å². The number of hydrogen-bond acceptors (Lipinski definition) is 0. The van der Waals surface area contributed by atoms with Crippen LogP contribution < -0.4 is 35.4 Å². The summed E-state index contributed by atoms with van der Waals surface area (Å²) < 4.78 is 0. The Bertz CT molecular complexity index is 1060. The van der Waals surface area contributed by atoms with Gasteiger partial charge in [-0.05, 0) is 11.1 Å². The summed E-state index contributed by atoms with van der Waals surface area (Å²) in [4.78, 5) is 0. The van der Waals surface area contributed by atoms with Gasteiger partial charge in [0, 0.05) is 35.1 Å². The summed E-state index contributed by atoms with van der Waals surface area (Å²) in [6.45, 7) is 2.38. The van der Waals surface area contributed by atoms with Gasteiger partial charge in [0.25, 0.3) is 0 Å². The number of fused-ring (bicyclic) bond motifs is 2. The largest absolute Gasteiger partial charge is 1.00 e. The highest BCUT2D eigenvalue weighted by molar-refractivity contribution is 5.37. The molecule has 2 nitrogen and oxygen atoms in total. The van der Waals surface area contributed by atoms with Crippen LogP contribution in [0.5, 0.6) is 0 Å². The summed E-state index contributed by atoms with van der Waals surface area (Å²) in [5.74, 6) is 0. The van der Waals surface area contributed by atoms with Gasteiger partial charge in [0.05, 0.1) is 13.1 Å². The van der Waals surface area contributed by atoms with Crippen LogP contribution in [-0.4, -0.2) is 13.1 Å². The van der Waals surface area contributed by atoms with Crippen LogP contribution in [0.25, 0.3) is 0 Å². The molecule has 2 aliphatic heterocycles. The number of quaternary nitrogens is 2. The summed E-state index contributed by atoms with van der Waals surface area (Å²) >= 11 is 0. The van der Waals surface area contributed by atoms with Crippen molar-refractivity contribution in [2.45, 2.75) is 24.9 Å². The molecule has 4 aromatic rings. The Kier molecular flexibility index (Phi) is 9.74. The summed E-state index contributed by atoms with van der Waals surface area (Å²) in [5.41, 5.74) is 8.82. The van der Waals surface area contributed by atoms with Gasteiger partial charge < -0.3 is 35.4 Å². The number of hydrogen-bond donors (Lipinski definition) is 2. The molecule has 34 heavy (non-hydrogen) atoms. The first-order valence-corrected chi connectivity index (χ1v) is 11.8. The molecule has 2 heterocycles. The Morgan fingerprint density at radius 3 is 1.21 bits per heavy atom. The molecule has 0 spiro atoms. The summed E-state index contributed by atoms with van der Waals surface area (Å²) in [6, 6.07) is 40.2. The first kappa shape index (κ1) is 26.0. The number of nitrogens with two attached hydrogens (primary N) is 2. The van der Waals surface area contributed by atoms with E-state index in [2.05, 4.69) is 120 Å². The summed E-state index contributed by atoms with van der Waals surface area (Å²) in [6.07, 6.45) is 2.39. The van der Waals surface area contributed by atoms with Crippen LogP contribution in [0, 0.1) is 0 Å². The molecule has 2 aliphatic rings. The lowest BCUT2D eigenvalue weighted by Crippen LogP contribution is -3.00. The molecule has 2 atom stereocenters. The zero-order valence-electron chi connectivity index (χ0n) is 19.3. The molecule has 0 saturated carbocycles. The van der Waals surface area contributed by atoms with Gasteiger partial charge in [0.15, 0.2) is 0 Å². The highest BCUT2D eigenvalue weighted by atomic mass is 35.5. The zero-order chi connectivity index (χ0) is 21.6. The van der Waals surface area contributed by atoms with Crippen molar-refractivity contribution in [3.05, 3.63) is 143 Å². The van der Waals surface area contributed by atoms with Gasteiger partial charge in [-0.2, -0.15) is 0 Å². The zero-order valence-corrected chi connectivity index (χ0v) is 20.8. The molecule has 0 fully saturated rings. The highest BCUT2D eigenvalue weighted by Gasteiger charge is 2.24. The Labute approximate surface area is 215 Å². The van der Waals surface area contributed by atoms with Crippen LogP contribution in [0.1, 0.15) is 45.5 Å². The fourth-order valence-electron chi connectivity index (χ4n) is 5.15. The van der Waals surface area contributed by atoms with E-state index in [1.165, 1.54) is 59.3 Å². The second-order valence-electron chi connectivity index (χ2n) is 8.72. The van der Waals surface area contributed by atoms with E-state index < -0.39 is 0 Å². The molecule has 4 aromatic carbocycles. The third-order valence-electron chi connectivity index (χ3n) is 6.73. The minimum atomic E-state index is 0. The normalized spacial score (nSPS) is 18.0. The quantitative estimate of drug-likeness (QED) is 0.319. The van der Waals surface area contributed by atoms with E-state index >= 15 is 0 Å². The topological polar surface area (TPSA) is 33.2 Å². The van der Waals surface area contributed by atoms with Gasteiger partial charge in [-0.3, -0.25) is 0 Å². The van der Waals surface area contributed by atoms with E-state index in [0.29, 0.717) is 12.1 Å². The number of rotatable bonds is 2. The third-order valence-corrected chi connectivity index (χ3v) is 6.73. The molecule has 0 saturated heterocycles. The Morgan fingerprint density at radius 2 is 0.794 bits per heavy atom. The van der Waals surface area contributed by atoms with E-state index in [0.717, 1.165) is 0 Å². The predicted octanol–water partition coefficient (Wildman–Crippen LogP) is -2.20. The van der Waals surface area contributed by atoms with Gasteiger partial charge in [-0.25, -0.2) is 0 Å². The standard InChI is InChI=1S/2C15H15N.2ClH/c2*1-2-7-13(8-3-1)15-14-9-5-4-6-12(14)10-11-16-15;;/h2*1-9,15-16H,10-11H2;2*1H/t2*15-;;/m00../s1. The maximum atomic E-state index is 2.44. The van der Waals surface area contributed by atoms with Gasteiger partial charge in [-0.1, -0.05) is 109 Å². The van der Waals surface area contributed by atoms with Crippen LogP contribution in [0.15, 0.2) is 109 Å². The molecule has 4 N–H and O–H groups in total. The molecular weight excluding hydrogens is 459 g/mol. The summed E-state index contributed by atoms with van der Waals surface area (Å²) in [5, 5.41) is 4.88. The second kappa shape index (κ2) is 12.7. The molecule has 0 aliphatic carbocycles. The van der Waals surface area contributed by atoms with E-state index in [4.69, 9.17) is 0 Å². The third kappa shape index (κ3) is 5.89. The summed E-state index contributed by atoms with van der Waals surface area (Å²) in [7, 11) is 0. The van der Waals surface area contributed by atoms with Crippen molar-refractivity contribution in [3.63, 3.8) is 0 Å². The van der Waals surface area contributed by atoms with Crippen molar-refractivity contribution < 1.29 is 35.4 Å². The molecular formula is C30H32Cl2N2. The van der Waals surface area contributed by atoms with Gasteiger partial charge in [0.1, 0.15) is 12.1 Å². The lowest BCUT2D eigenvalue weighted by Gasteiger charge is -2.23. The average Bonchev–Trinajstić information content (AvgIpc) is 2.89. The molecule has 176 valence electrons. The Balaban J connectivity index is 0.000000180. The van der Waals surface area contributed by atoms with E-state index in [1.807, 2.05) is 0 Å². The fourth-order valence-corrected chi connectivity index (χ4v) is 5.15. The maximum Gasteiger partial charge on any atom is 0.138 e. The SMILES string of the molecule is [Cl-].[Cl-].c1ccc([C@@H]2[NH2+]CCc3ccccc32)cc1.c1ccc([C@@H]2[NH2+]CCc3ccccc32)cc1. The van der Waals surface area contributed by atoms with Gasteiger partial charge in [-0.15, -0.1) is 0 Å². The molecule has 0 radical (unpaired) electrons. The van der Waals surface area contributed by atoms with Gasteiger partial charge >= 0.3 is 0 Å². The van der Waals surface area contributed by atoms with Crippen molar-refractivity contribution >= 4 is 0 Å². The first-order chi connectivity index (χ1) is 15.9. The molecule has 4 heteroatoms. The minimum absolute atomic E-state index is 0. The van der Waals surface area contributed by atoms with Crippen molar-refractivity contribution in [3.8, 4) is 0 Å². The van der Waals surface area contributed by atoms with E-state index in [1.54, 1.807) is 0 Å². The number of halogens is 2. The molecule has 0 amide bonds. The highest BCUT2D eigenvalue weighted by Crippen LogP contribution is 2.25. The molecule has 0 unspecified atom stereocenters. The van der Waals surface area contributed by atoms with Gasteiger partial charge in [0.2, 0.25) is 0 Å². The number of benzene rings is 4. The monoisotopic (exact) mass is 490 g/mol. The van der Waals surface area contributed by atoms with Crippen molar-refractivity contribution in [1.29, 1.82) is 0 Å². The average molecular weight is 492 g/mol. The molecule has 6 rings (SSSR count). The van der Waals surface area contributed by atoms with Crippen LogP contribution in [0.4, 0.5) is 0 Å². The smallest absolute Gasteiger partial charge is 0.138 e. The van der Waals surface area contributed by atoms with E-state index in [-0.39, 0.29) is 24.8 Å². The van der Waals surface area contributed by atoms with Crippen molar-refractivity contribution in [2.75, 3.05) is 13.1 Å². The van der Waals surface area contributed by atoms with Crippen LogP contribution in [-0.2, 0) is 12.8 Å². The first-order valence-electron chi connectivity index (χ1n) is 11.8. The van der Waals surface area contributed by atoms with Crippen LogP contribution in [0.3, 0.4) is 0 Å².